The van der Waals surface area contributed by atoms with Crippen LogP contribution in [-0.2, 0) is 4.74 Å². The summed E-state index contributed by atoms with van der Waals surface area (Å²) in [6.45, 7) is 3.43. The average Bonchev–Trinajstić information content (AvgIpc) is 2.23. The van der Waals surface area contributed by atoms with E-state index in [0.29, 0.717) is 19.8 Å². The van der Waals surface area contributed by atoms with Gasteiger partial charge in [0.2, 0.25) is 5.95 Å². The van der Waals surface area contributed by atoms with Crippen molar-refractivity contribution in [3.63, 3.8) is 0 Å². The van der Waals surface area contributed by atoms with Crippen molar-refractivity contribution in [2.45, 2.75) is 6.92 Å². The van der Waals surface area contributed by atoms with Crippen molar-refractivity contribution in [3.8, 4) is 0 Å². The van der Waals surface area contributed by atoms with Gasteiger partial charge in [-0.05, 0) is 6.92 Å². The first-order valence-electron chi connectivity index (χ1n) is 4.75. The summed E-state index contributed by atoms with van der Waals surface area (Å²) in [5, 5.41) is 11.6. The molecule has 0 aliphatic rings. The number of nitrogens with two attached hydrogens (primary N) is 1. The maximum atomic E-state index is 8.48. The van der Waals surface area contributed by atoms with Crippen molar-refractivity contribution in [1.29, 1.82) is 0 Å². The molecule has 1 aromatic rings. The van der Waals surface area contributed by atoms with Gasteiger partial charge < -0.3 is 20.9 Å². The molecule has 15 heavy (non-hydrogen) atoms. The van der Waals surface area contributed by atoms with E-state index in [4.69, 9.17) is 15.6 Å². The van der Waals surface area contributed by atoms with Crippen LogP contribution >= 0.6 is 0 Å². The SMILES string of the molecule is Cc1cnc(N)nc1NCCOCCO. The molecule has 0 saturated carbocycles. The van der Waals surface area contributed by atoms with E-state index in [0.717, 1.165) is 11.4 Å². The molecule has 1 heterocycles. The van der Waals surface area contributed by atoms with Gasteiger partial charge in [-0.3, -0.25) is 0 Å². The molecule has 0 aliphatic heterocycles. The minimum atomic E-state index is 0.0412. The molecule has 0 aliphatic carbocycles. The Morgan fingerprint density at radius 3 is 3.07 bits per heavy atom. The molecule has 84 valence electrons. The lowest BCUT2D eigenvalue weighted by atomic mass is 10.3. The third kappa shape index (κ3) is 4.09. The highest BCUT2D eigenvalue weighted by Crippen LogP contribution is 2.09. The lowest BCUT2D eigenvalue weighted by molar-refractivity contribution is 0.0992. The van der Waals surface area contributed by atoms with E-state index in [1.165, 1.54) is 0 Å². The van der Waals surface area contributed by atoms with Crippen molar-refractivity contribution < 1.29 is 9.84 Å². The quantitative estimate of drug-likeness (QED) is 0.565. The molecule has 0 atom stereocenters. The van der Waals surface area contributed by atoms with E-state index in [1.807, 2.05) is 6.92 Å². The summed E-state index contributed by atoms with van der Waals surface area (Å²) in [6, 6.07) is 0. The van der Waals surface area contributed by atoms with Crippen LogP contribution in [0.25, 0.3) is 0 Å². The molecule has 0 fully saturated rings. The molecule has 4 N–H and O–H groups in total. The lowest BCUT2D eigenvalue weighted by Gasteiger charge is -2.08. The summed E-state index contributed by atoms with van der Waals surface area (Å²) in [4.78, 5) is 7.90. The van der Waals surface area contributed by atoms with E-state index in [2.05, 4.69) is 15.3 Å². The Kier molecular flexibility index (Phi) is 4.79. The second kappa shape index (κ2) is 6.15. The molecule has 0 saturated heterocycles. The molecule has 0 aromatic carbocycles. The van der Waals surface area contributed by atoms with Gasteiger partial charge in [0, 0.05) is 18.3 Å². The normalized spacial score (nSPS) is 10.3. The van der Waals surface area contributed by atoms with Crippen molar-refractivity contribution in [3.05, 3.63) is 11.8 Å². The van der Waals surface area contributed by atoms with Crippen LogP contribution in [0, 0.1) is 6.92 Å². The molecule has 0 spiro atoms. The third-order valence-electron chi connectivity index (χ3n) is 1.76. The monoisotopic (exact) mass is 212 g/mol. The predicted molar refractivity (Wildman–Crippen MR) is 57.6 cm³/mol. The summed E-state index contributed by atoms with van der Waals surface area (Å²) in [6.07, 6.45) is 1.67. The molecular weight excluding hydrogens is 196 g/mol. The minimum Gasteiger partial charge on any atom is -0.394 e. The number of hydrogen-bond acceptors (Lipinski definition) is 6. The topological polar surface area (TPSA) is 93.3 Å². The summed E-state index contributed by atoms with van der Waals surface area (Å²) in [5.41, 5.74) is 6.39. The number of nitrogens with one attached hydrogen (secondary N) is 1. The van der Waals surface area contributed by atoms with Crippen molar-refractivity contribution >= 4 is 11.8 Å². The molecular formula is C9H16N4O2. The van der Waals surface area contributed by atoms with Gasteiger partial charge in [0.15, 0.2) is 0 Å². The molecule has 0 bridgehead atoms. The van der Waals surface area contributed by atoms with Crippen LogP contribution in [0.3, 0.4) is 0 Å². The summed E-state index contributed by atoms with van der Waals surface area (Å²) in [7, 11) is 0. The van der Waals surface area contributed by atoms with E-state index in [1.54, 1.807) is 6.20 Å². The van der Waals surface area contributed by atoms with Crippen LogP contribution < -0.4 is 11.1 Å². The maximum absolute atomic E-state index is 8.48. The number of hydrogen-bond donors (Lipinski definition) is 3. The van der Waals surface area contributed by atoms with Crippen molar-refractivity contribution in [1.82, 2.24) is 9.97 Å². The fraction of sp³-hybridized carbons (Fsp3) is 0.556. The first-order chi connectivity index (χ1) is 7.24. The Balaban J connectivity index is 2.33. The number of nitrogens with zero attached hydrogens (tertiary/aromatic N) is 2. The Bertz CT molecular complexity index is 306. The van der Waals surface area contributed by atoms with Gasteiger partial charge >= 0.3 is 0 Å². The predicted octanol–water partition coefficient (Wildman–Crippen LogP) is -0.212. The largest absolute Gasteiger partial charge is 0.394 e. The van der Waals surface area contributed by atoms with Crippen LogP contribution in [0.2, 0.25) is 0 Å². The highest BCUT2D eigenvalue weighted by molar-refractivity contribution is 5.44. The lowest BCUT2D eigenvalue weighted by Crippen LogP contribution is -2.13. The minimum absolute atomic E-state index is 0.0412. The van der Waals surface area contributed by atoms with Crippen molar-refractivity contribution in [2.75, 3.05) is 37.4 Å². The maximum Gasteiger partial charge on any atom is 0.221 e. The van der Waals surface area contributed by atoms with Crippen LogP contribution in [-0.4, -0.2) is 41.4 Å². The van der Waals surface area contributed by atoms with Gasteiger partial charge in [-0.15, -0.1) is 0 Å². The van der Waals surface area contributed by atoms with Crippen LogP contribution in [0.15, 0.2) is 6.20 Å². The molecule has 0 unspecified atom stereocenters. The summed E-state index contributed by atoms with van der Waals surface area (Å²) < 4.78 is 5.09. The first-order valence-corrected chi connectivity index (χ1v) is 4.75. The average molecular weight is 212 g/mol. The molecule has 0 amide bonds. The van der Waals surface area contributed by atoms with E-state index >= 15 is 0 Å². The third-order valence-corrected chi connectivity index (χ3v) is 1.76. The Hall–Kier alpha value is -1.40. The number of rotatable bonds is 6. The van der Waals surface area contributed by atoms with Crippen LogP contribution in [0.5, 0.6) is 0 Å². The Labute approximate surface area is 88.5 Å². The standard InChI is InChI=1S/C9H16N4O2/c1-7-6-12-9(10)13-8(7)11-2-4-15-5-3-14/h6,14H,2-5H2,1H3,(H3,10,11,12,13). The summed E-state index contributed by atoms with van der Waals surface area (Å²) in [5.74, 6) is 0.967. The molecule has 0 radical (unpaired) electrons. The zero-order valence-corrected chi connectivity index (χ0v) is 8.73. The smallest absolute Gasteiger partial charge is 0.221 e. The van der Waals surface area contributed by atoms with Gasteiger partial charge in [-0.1, -0.05) is 0 Å². The first kappa shape index (κ1) is 11.7. The van der Waals surface area contributed by atoms with Gasteiger partial charge in [0.1, 0.15) is 5.82 Å². The second-order valence-electron chi connectivity index (χ2n) is 3.02. The number of aliphatic hydroxyl groups excluding tert-OH is 1. The molecule has 6 nitrogen and oxygen atoms in total. The fourth-order valence-corrected chi connectivity index (χ4v) is 1.04. The van der Waals surface area contributed by atoms with Crippen LogP contribution in [0.4, 0.5) is 11.8 Å². The highest BCUT2D eigenvalue weighted by atomic mass is 16.5. The van der Waals surface area contributed by atoms with Crippen molar-refractivity contribution in [2.24, 2.45) is 0 Å². The van der Waals surface area contributed by atoms with Gasteiger partial charge in [-0.2, -0.15) is 4.98 Å². The second-order valence-corrected chi connectivity index (χ2v) is 3.02. The number of aliphatic hydroxyl groups is 1. The van der Waals surface area contributed by atoms with Crippen LogP contribution in [0.1, 0.15) is 5.56 Å². The van der Waals surface area contributed by atoms with E-state index in [-0.39, 0.29) is 12.6 Å². The number of anilines is 2. The number of aromatic nitrogens is 2. The van der Waals surface area contributed by atoms with Gasteiger partial charge in [-0.25, -0.2) is 4.98 Å². The Morgan fingerprint density at radius 1 is 1.53 bits per heavy atom. The number of ether oxygens (including phenoxy) is 1. The zero-order valence-electron chi connectivity index (χ0n) is 8.73. The zero-order chi connectivity index (χ0) is 11.1. The van der Waals surface area contributed by atoms with Gasteiger partial charge in [0.05, 0.1) is 19.8 Å². The van der Waals surface area contributed by atoms with E-state index < -0.39 is 0 Å². The van der Waals surface area contributed by atoms with E-state index in [9.17, 15) is 0 Å². The number of aryl methyl sites for hydroxylation is 1. The number of nitrogen functional groups attached to an aromatic ring is 1. The highest BCUT2D eigenvalue weighted by Gasteiger charge is 2.00. The molecule has 1 aromatic heterocycles. The Morgan fingerprint density at radius 2 is 2.33 bits per heavy atom. The van der Waals surface area contributed by atoms with Gasteiger partial charge in [0.25, 0.3) is 0 Å². The molecule has 6 heteroatoms. The summed E-state index contributed by atoms with van der Waals surface area (Å²) >= 11 is 0. The fourth-order valence-electron chi connectivity index (χ4n) is 1.04. The molecule has 1 rings (SSSR count).